The van der Waals surface area contributed by atoms with Gasteiger partial charge in [-0.3, -0.25) is 0 Å². The minimum absolute atomic E-state index is 0.0972. The quantitative estimate of drug-likeness (QED) is 0.593. The van der Waals surface area contributed by atoms with Gasteiger partial charge in [-0.1, -0.05) is 13.8 Å². The molecular weight excluding hydrogens is 114 g/mol. The summed E-state index contributed by atoms with van der Waals surface area (Å²) in [5.74, 6) is 0.218. The van der Waals surface area contributed by atoms with E-state index in [0.717, 1.165) is 6.42 Å². The van der Waals surface area contributed by atoms with Crippen LogP contribution in [0.15, 0.2) is 0 Å². The van der Waals surface area contributed by atoms with Gasteiger partial charge in [-0.15, -0.1) is 0 Å². The molecule has 0 aromatic heterocycles. The van der Waals surface area contributed by atoms with Gasteiger partial charge < -0.3 is 10.8 Å². The Labute approximate surface area is 57.1 Å². The van der Waals surface area contributed by atoms with Gasteiger partial charge in [-0.25, -0.2) is 0 Å². The van der Waals surface area contributed by atoms with Crippen molar-refractivity contribution in [2.75, 3.05) is 0 Å². The molecule has 0 radical (unpaired) electrons. The Bertz CT molecular complexity index is 73.3. The standard InChI is InChI=1S/C7H17NO/c1-4-7(9)5(2)6(3)8/h5-7,9H,4,8H2,1-3H3. The van der Waals surface area contributed by atoms with Gasteiger partial charge in [0.25, 0.3) is 0 Å². The third-order valence-corrected chi connectivity index (χ3v) is 1.85. The predicted molar refractivity (Wildman–Crippen MR) is 39.1 cm³/mol. The van der Waals surface area contributed by atoms with Crippen LogP contribution in [0.2, 0.25) is 0 Å². The second kappa shape index (κ2) is 3.85. The third-order valence-electron chi connectivity index (χ3n) is 1.85. The van der Waals surface area contributed by atoms with Crippen LogP contribution in [0.4, 0.5) is 0 Å². The molecule has 2 nitrogen and oxygen atoms in total. The van der Waals surface area contributed by atoms with Crippen LogP contribution in [-0.4, -0.2) is 17.3 Å². The number of aliphatic hydroxyl groups excluding tert-OH is 1. The van der Waals surface area contributed by atoms with Crippen molar-refractivity contribution in [2.24, 2.45) is 11.7 Å². The van der Waals surface area contributed by atoms with Gasteiger partial charge in [0, 0.05) is 6.04 Å². The maximum atomic E-state index is 9.22. The molecule has 0 fully saturated rings. The lowest BCUT2D eigenvalue weighted by Crippen LogP contribution is -2.33. The molecule has 0 saturated heterocycles. The smallest absolute Gasteiger partial charge is 0.0577 e. The Kier molecular flexibility index (Phi) is 3.82. The molecule has 0 spiro atoms. The third kappa shape index (κ3) is 2.82. The lowest BCUT2D eigenvalue weighted by atomic mass is 9.96. The monoisotopic (exact) mass is 131 g/mol. The largest absolute Gasteiger partial charge is 0.393 e. The first-order valence-corrected chi connectivity index (χ1v) is 3.53. The molecule has 56 valence electrons. The fourth-order valence-electron chi connectivity index (χ4n) is 0.722. The zero-order valence-corrected chi connectivity index (χ0v) is 6.46. The van der Waals surface area contributed by atoms with E-state index in [1.54, 1.807) is 0 Å². The number of hydrogen-bond acceptors (Lipinski definition) is 2. The molecule has 0 amide bonds. The van der Waals surface area contributed by atoms with Crippen LogP contribution in [0.1, 0.15) is 27.2 Å². The number of aliphatic hydroxyl groups is 1. The fourth-order valence-corrected chi connectivity index (χ4v) is 0.722. The first kappa shape index (κ1) is 8.92. The highest BCUT2D eigenvalue weighted by atomic mass is 16.3. The van der Waals surface area contributed by atoms with Crippen LogP contribution in [0, 0.1) is 5.92 Å². The van der Waals surface area contributed by atoms with Crippen molar-refractivity contribution in [3.63, 3.8) is 0 Å². The lowest BCUT2D eigenvalue weighted by Gasteiger charge is -2.20. The van der Waals surface area contributed by atoms with Gasteiger partial charge in [-0.05, 0) is 19.3 Å². The number of hydrogen-bond donors (Lipinski definition) is 2. The summed E-state index contributed by atoms with van der Waals surface area (Å²) in [5, 5.41) is 9.22. The molecule has 0 aromatic rings. The SMILES string of the molecule is CCC(O)C(C)C(C)N. The molecule has 9 heavy (non-hydrogen) atoms. The predicted octanol–water partition coefficient (Wildman–Crippen LogP) is 0.741. The summed E-state index contributed by atoms with van der Waals surface area (Å²) in [6.07, 6.45) is 0.563. The van der Waals surface area contributed by atoms with Crippen molar-refractivity contribution in [1.82, 2.24) is 0 Å². The highest BCUT2D eigenvalue weighted by molar-refractivity contribution is 4.70. The van der Waals surface area contributed by atoms with Crippen molar-refractivity contribution in [1.29, 1.82) is 0 Å². The topological polar surface area (TPSA) is 46.2 Å². The van der Waals surface area contributed by atoms with E-state index in [1.807, 2.05) is 20.8 Å². The minimum Gasteiger partial charge on any atom is -0.393 e. The van der Waals surface area contributed by atoms with Gasteiger partial charge in [0.1, 0.15) is 0 Å². The van der Waals surface area contributed by atoms with E-state index in [9.17, 15) is 5.11 Å². The zero-order chi connectivity index (χ0) is 7.44. The van der Waals surface area contributed by atoms with Crippen molar-refractivity contribution in [3.8, 4) is 0 Å². The maximum absolute atomic E-state index is 9.22. The van der Waals surface area contributed by atoms with Crippen molar-refractivity contribution < 1.29 is 5.11 Å². The molecule has 0 rings (SSSR count). The summed E-state index contributed by atoms with van der Waals surface area (Å²) >= 11 is 0. The van der Waals surface area contributed by atoms with E-state index in [4.69, 9.17) is 5.73 Å². The Balaban J connectivity index is 3.58. The molecule has 0 aliphatic heterocycles. The van der Waals surface area contributed by atoms with E-state index in [0.29, 0.717) is 0 Å². The molecular formula is C7H17NO. The second-order valence-electron chi connectivity index (χ2n) is 2.69. The minimum atomic E-state index is -0.231. The number of rotatable bonds is 3. The average molecular weight is 131 g/mol. The molecule has 2 heteroatoms. The van der Waals surface area contributed by atoms with Crippen LogP contribution in [0.5, 0.6) is 0 Å². The van der Waals surface area contributed by atoms with Gasteiger partial charge in [0.05, 0.1) is 6.10 Å². The van der Waals surface area contributed by atoms with Crippen LogP contribution in [0.3, 0.4) is 0 Å². The first-order valence-electron chi connectivity index (χ1n) is 3.53. The van der Waals surface area contributed by atoms with Crippen molar-refractivity contribution >= 4 is 0 Å². The molecule has 3 atom stereocenters. The second-order valence-corrected chi connectivity index (χ2v) is 2.69. The molecule has 0 aliphatic rings. The van der Waals surface area contributed by atoms with Crippen LogP contribution < -0.4 is 5.73 Å². The van der Waals surface area contributed by atoms with Crippen molar-refractivity contribution in [3.05, 3.63) is 0 Å². The van der Waals surface area contributed by atoms with Crippen molar-refractivity contribution in [2.45, 2.75) is 39.3 Å². The van der Waals surface area contributed by atoms with Gasteiger partial charge in [-0.2, -0.15) is 0 Å². The van der Waals surface area contributed by atoms with Gasteiger partial charge in [0.15, 0.2) is 0 Å². The lowest BCUT2D eigenvalue weighted by molar-refractivity contribution is 0.102. The summed E-state index contributed by atoms with van der Waals surface area (Å²) < 4.78 is 0. The summed E-state index contributed by atoms with van der Waals surface area (Å²) in [4.78, 5) is 0. The van der Waals surface area contributed by atoms with E-state index in [2.05, 4.69) is 0 Å². The molecule has 3 N–H and O–H groups in total. The van der Waals surface area contributed by atoms with Crippen LogP contribution in [0.25, 0.3) is 0 Å². The molecule has 0 heterocycles. The highest BCUT2D eigenvalue weighted by Gasteiger charge is 2.15. The zero-order valence-electron chi connectivity index (χ0n) is 6.46. The maximum Gasteiger partial charge on any atom is 0.0577 e. The van der Waals surface area contributed by atoms with E-state index in [-0.39, 0.29) is 18.1 Å². The molecule has 0 aliphatic carbocycles. The molecule has 0 bridgehead atoms. The Morgan fingerprint density at radius 3 is 2.00 bits per heavy atom. The molecule has 0 saturated carbocycles. The Hall–Kier alpha value is -0.0800. The Morgan fingerprint density at radius 1 is 1.44 bits per heavy atom. The summed E-state index contributed by atoms with van der Waals surface area (Å²) in [6.45, 7) is 5.85. The molecule has 0 aromatic carbocycles. The van der Waals surface area contributed by atoms with Gasteiger partial charge >= 0.3 is 0 Å². The van der Waals surface area contributed by atoms with E-state index >= 15 is 0 Å². The summed E-state index contributed by atoms with van der Waals surface area (Å²) in [5.41, 5.74) is 5.55. The van der Waals surface area contributed by atoms with Crippen LogP contribution >= 0.6 is 0 Å². The number of nitrogens with two attached hydrogens (primary N) is 1. The molecule has 3 unspecified atom stereocenters. The summed E-state index contributed by atoms with van der Waals surface area (Å²) in [7, 11) is 0. The summed E-state index contributed by atoms with van der Waals surface area (Å²) in [6, 6.07) is 0.0972. The van der Waals surface area contributed by atoms with E-state index < -0.39 is 0 Å². The fraction of sp³-hybridized carbons (Fsp3) is 1.00. The Morgan fingerprint density at radius 2 is 1.89 bits per heavy atom. The average Bonchev–Trinajstić information content (AvgIpc) is 1.84. The highest BCUT2D eigenvalue weighted by Crippen LogP contribution is 2.08. The first-order chi connectivity index (χ1) is 4.09. The van der Waals surface area contributed by atoms with E-state index in [1.165, 1.54) is 0 Å². The van der Waals surface area contributed by atoms with Crippen LogP contribution in [-0.2, 0) is 0 Å². The normalized spacial score (nSPS) is 21.0. The van der Waals surface area contributed by atoms with Gasteiger partial charge in [0.2, 0.25) is 0 Å².